The van der Waals surface area contributed by atoms with Crippen molar-refractivity contribution in [3.63, 3.8) is 0 Å². The molecule has 1 heterocycles. The fraction of sp³-hybridized carbons (Fsp3) is 0. The molecule has 1 aromatic carbocycles. The minimum Gasteiger partial charge on any atom is -0.478 e. The molecule has 15 heavy (non-hydrogen) atoms. The summed E-state index contributed by atoms with van der Waals surface area (Å²) in [5.74, 6) is -2.17. The van der Waals surface area contributed by atoms with E-state index in [2.05, 4.69) is 4.98 Å². The van der Waals surface area contributed by atoms with Crippen LogP contribution in [0.5, 0.6) is 0 Å². The van der Waals surface area contributed by atoms with Gasteiger partial charge in [-0.15, -0.1) is 0 Å². The molecule has 3 nitrogen and oxygen atoms in total. The highest BCUT2D eigenvalue weighted by Crippen LogP contribution is 2.26. The van der Waals surface area contributed by atoms with Gasteiger partial charge in [0.2, 0.25) is 0 Å². The zero-order valence-corrected chi connectivity index (χ0v) is 8.12. The third kappa shape index (κ3) is 1.53. The van der Waals surface area contributed by atoms with Gasteiger partial charge in [-0.3, -0.25) is 0 Å². The van der Waals surface area contributed by atoms with E-state index in [1.807, 2.05) is 0 Å². The topological polar surface area (TPSA) is 50.2 Å². The van der Waals surface area contributed by atoms with Gasteiger partial charge in [0.25, 0.3) is 0 Å². The summed E-state index contributed by atoms with van der Waals surface area (Å²) < 4.78 is 13.7. The molecule has 0 amide bonds. The Morgan fingerprint density at radius 2 is 2.13 bits per heavy atom. The number of pyridine rings is 1. The predicted octanol–water partition coefficient (Wildman–Crippen LogP) is 2.73. The van der Waals surface area contributed by atoms with Crippen LogP contribution < -0.4 is 0 Å². The Hall–Kier alpha value is -1.68. The number of carboxylic acid groups (broad SMARTS) is 1. The average molecular weight is 226 g/mol. The van der Waals surface area contributed by atoms with E-state index in [-0.39, 0.29) is 10.5 Å². The van der Waals surface area contributed by atoms with Crippen molar-refractivity contribution in [2.24, 2.45) is 0 Å². The molecule has 0 aliphatic rings. The number of fused-ring (bicyclic) bond motifs is 1. The Kier molecular flexibility index (Phi) is 2.28. The molecule has 1 aromatic heterocycles. The van der Waals surface area contributed by atoms with Crippen LogP contribution in [0.2, 0.25) is 5.15 Å². The molecule has 76 valence electrons. The maximum absolute atomic E-state index is 13.7. The lowest BCUT2D eigenvalue weighted by Crippen LogP contribution is -2.01. The first kappa shape index (κ1) is 9.86. The van der Waals surface area contributed by atoms with Gasteiger partial charge in [0.1, 0.15) is 11.0 Å². The lowest BCUT2D eigenvalue weighted by molar-refractivity contribution is 0.0692. The molecule has 0 radical (unpaired) electrons. The van der Waals surface area contributed by atoms with Crippen molar-refractivity contribution in [1.82, 2.24) is 4.98 Å². The lowest BCUT2D eigenvalue weighted by atomic mass is 10.1. The molecule has 0 spiro atoms. The summed E-state index contributed by atoms with van der Waals surface area (Å²) >= 11 is 5.69. The largest absolute Gasteiger partial charge is 0.478 e. The molecule has 5 heteroatoms. The van der Waals surface area contributed by atoms with Crippen LogP contribution in [-0.4, -0.2) is 16.1 Å². The van der Waals surface area contributed by atoms with E-state index in [1.165, 1.54) is 18.3 Å². The molecule has 2 aromatic rings. The number of carboxylic acids is 1. The molecular formula is C10H5ClFNO2. The molecule has 0 saturated heterocycles. The number of hydrogen-bond donors (Lipinski definition) is 1. The van der Waals surface area contributed by atoms with E-state index in [0.717, 1.165) is 0 Å². The van der Waals surface area contributed by atoms with Crippen molar-refractivity contribution >= 4 is 28.3 Å². The number of aromatic nitrogens is 1. The highest BCUT2D eigenvalue weighted by molar-refractivity contribution is 6.34. The highest BCUT2D eigenvalue weighted by atomic mass is 35.5. The SMILES string of the molecule is O=C(O)c1ccc2ccnc(Cl)c2c1F. The van der Waals surface area contributed by atoms with Crippen molar-refractivity contribution in [3.8, 4) is 0 Å². The van der Waals surface area contributed by atoms with E-state index >= 15 is 0 Å². The van der Waals surface area contributed by atoms with Gasteiger partial charge in [0.05, 0.1) is 10.9 Å². The van der Waals surface area contributed by atoms with Gasteiger partial charge in [-0.25, -0.2) is 14.2 Å². The summed E-state index contributed by atoms with van der Waals surface area (Å²) in [6, 6.07) is 4.27. The molecule has 0 aliphatic carbocycles. The monoisotopic (exact) mass is 225 g/mol. The van der Waals surface area contributed by atoms with Gasteiger partial charge >= 0.3 is 5.97 Å². The third-order valence-electron chi connectivity index (χ3n) is 2.05. The fourth-order valence-corrected chi connectivity index (χ4v) is 1.60. The maximum atomic E-state index is 13.7. The number of aromatic carboxylic acids is 1. The van der Waals surface area contributed by atoms with Crippen molar-refractivity contribution in [2.75, 3.05) is 0 Å². The Bertz CT molecular complexity index is 556. The molecule has 0 aliphatic heterocycles. The molecule has 1 N–H and O–H groups in total. The number of carbonyl (C=O) groups is 1. The summed E-state index contributed by atoms with van der Waals surface area (Å²) in [5, 5.41) is 9.24. The number of nitrogens with zero attached hydrogens (tertiary/aromatic N) is 1. The van der Waals surface area contributed by atoms with Crippen molar-refractivity contribution in [1.29, 1.82) is 0 Å². The Morgan fingerprint density at radius 3 is 2.80 bits per heavy atom. The number of halogens is 2. The van der Waals surface area contributed by atoms with Crippen molar-refractivity contribution < 1.29 is 14.3 Å². The summed E-state index contributed by atoms with van der Waals surface area (Å²) in [6.45, 7) is 0. The molecular weight excluding hydrogens is 221 g/mol. The average Bonchev–Trinajstić information content (AvgIpc) is 2.17. The maximum Gasteiger partial charge on any atom is 0.338 e. The number of benzene rings is 1. The number of rotatable bonds is 1. The van der Waals surface area contributed by atoms with Gasteiger partial charge < -0.3 is 5.11 Å². The number of hydrogen-bond acceptors (Lipinski definition) is 2. The van der Waals surface area contributed by atoms with Crippen LogP contribution in [0, 0.1) is 5.82 Å². The van der Waals surface area contributed by atoms with Crippen LogP contribution in [0.15, 0.2) is 24.4 Å². The summed E-state index contributed by atoms with van der Waals surface area (Å²) in [4.78, 5) is 14.4. The zero-order valence-electron chi connectivity index (χ0n) is 7.37. The van der Waals surface area contributed by atoms with Crippen LogP contribution in [0.25, 0.3) is 10.8 Å². The third-order valence-corrected chi connectivity index (χ3v) is 2.34. The van der Waals surface area contributed by atoms with Crippen molar-refractivity contribution in [3.05, 3.63) is 40.9 Å². The van der Waals surface area contributed by atoms with E-state index in [1.54, 1.807) is 6.07 Å². The van der Waals surface area contributed by atoms with Crippen LogP contribution in [0.4, 0.5) is 4.39 Å². The van der Waals surface area contributed by atoms with Crippen molar-refractivity contribution in [2.45, 2.75) is 0 Å². The second-order valence-electron chi connectivity index (χ2n) is 2.93. The Labute approximate surface area is 89.1 Å². The first-order valence-corrected chi connectivity index (χ1v) is 4.45. The fourth-order valence-electron chi connectivity index (χ4n) is 1.35. The van der Waals surface area contributed by atoms with Gasteiger partial charge in [-0.2, -0.15) is 0 Å². The Balaban J connectivity index is 2.89. The molecule has 0 bridgehead atoms. The zero-order chi connectivity index (χ0) is 11.0. The minimum absolute atomic E-state index is 0.0342. The normalized spacial score (nSPS) is 10.5. The predicted molar refractivity (Wildman–Crippen MR) is 53.7 cm³/mol. The molecule has 0 fully saturated rings. The van der Waals surface area contributed by atoms with Gasteiger partial charge in [0.15, 0.2) is 0 Å². The van der Waals surface area contributed by atoms with Gasteiger partial charge in [-0.05, 0) is 17.5 Å². The van der Waals surface area contributed by atoms with E-state index in [9.17, 15) is 9.18 Å². The van der Waals surface area contributed by atoms with Crippen LogP contribution in [-0.2, 0) is 0 Å². The second-order valence-corrected chi connectivity index (χ2v) is 3.29. The molecule has 0 saturated carbocycles. The minimum atomic E-state index is -1.32. The van der Waals surface area contributed by atoms with Gasteiger partial charge in [-0.1, -0.05) is 17.7 Å². The Morgan fingerprint density at radius 1 is 1.40 bits per heavy atom. The van der Waals surface area contributed by atoms with Crippen LogP contribution in [0.1, 0.15) is 10.4 Å². The van der Waals surface area contributed by atoms with Crippen LogP contribution in [0.3, 0.4) is 0 Å². The van der Waals surface area contributed by atoms with E-state index < -0.39 is 17.3 Å². The van der Waals surface area contributed by atoms with E-state index in [0.29, 0.717) is 5.39 Å². The summed E-state index contributed by atoms with van der Waals surface area (Å²) in [7, 11) is 0. The summed E-state index contributed by atoms with van der Waals surface area (Å²) in [5.41, 5.74) is -0.405. The highest BCUT2D eigenvalue weighted by Gasteiger charge is 2.15. The smallest absolute Gasteiger partial charge is 0.338 e. The second kappa shape index (κ2) is 3.47. The van der Waals surface area contributed by atoms with Gasteiger partial charge in [0, 0.05) is 6.20 Å². The van der Waals surface area contributed by atoms with Crippen LogP contribution >= 0.6 is 11.6 Å². The lowest BCUT2D eigenvalue weighted by Gasteiger charge is -2.03. The molecule has 0 atom stereocenters. The quantitative estimate of drug-likeness (QED) is 0.760. The summed E-state index contributed by atoms with van der Waals surface area (Å²) in [6.07, 6.45) is 1.44. The molecule has 0 unspecified atom stereocenters. The van der Waals surface area contributed by atoms with E-state index in [4.69, 9.17) is 16.7 Å². The standard InChI is InChI=1S/C10H5ClFNO2/c11-9-7-5(3-4-13-9)1-2-6(8(7)12)10(14)15/h1-4H,(H,14,15). The first-order chi connectivity index (χ1) is 7.11. The molecule has 2 rings (SSSR count). The first-order valence-electron chi connectivity index (χ1n) is 4.07.